The van der Waals surface area contributed by atoms with Gasteiger partial charge in [-0.1, -0.05) is 0 Å². The molecule has 4 aromatic rings. The number of carbonyl (C=O) groups excluding carboxylic acids is 1. The number of H-pyrrole nitrogens is 1. The van der Waals surface area contributed by atoms with Crippen molar-refractivity contribution in [3.8, 4) is 28.4 Å². The number of hydrogen-bond donors (Lipinski definition) is 2. The number of benzene rings is 2. The fraction of sp³-hybridized carbons (Fsp3) is 0.0909. The second-order valence-corrected chi connectivity index (χ2v) is 6.54. The molecular formula is C22H17F2N5O2. The van der Waals surface area contributed by atoms with Gasteiger partial charge in [0.05, 0.1) is 17.9 Å². The third-order valence-corrected chi connectivity index (χ3v) is 4.38. The first-order valence-electron chi connectivity index (χ1n) is 9.40. The Bertz CT molecular complexity index is 1160. The summed E-state index contributed by atoms with van der Waals surface area (Å²) in [5, 5.41) is 17.5. The van der Waals surface area contributed by atoms with Gasteiger partial charge in [-0.2, -0.15) is 5.10 Å². The van der Waals surface area contributed by atoms with E-state index in [4.69, 9.17) is 4.74 Å². The number of nitrogens with one attached hydrogen (secondary N) is 2. The van der Waals surface area contributed by atoms with Crippen molar-refractivity contribution in [1.82, 2.24) is 25.7 Å². The van der Waals surface area contributed by atoms with Crippen LogP contribution in [0.3, 0.4) is 0 Å². The summed E-state index contributed by atoms with van der Waals surface area (Å²) in [6, 6.07) is 16.7. The van der Waals surface area contributed by atoms with Crippen LogP contribution in [0.1, 0.15) is 10.5 Å². The Morgan fingerprint density at radius 3 is 2.13 bits per heavy atom. The van der Waals surface area contributed by atoms with E-state index in [1.807, 2.05) is 0 Å². The standard InChI is InChI=1S/C22H17F2N5O2/c23-16-5-1-14(2-6-16)18-9-10-21(29-26-18)31-12-11-25-22(30)20-13-19(27-28-20)15-3-7-17(24)8-4-15/h1-10,13H,11-12H2,(H,25,30)(H,27,28). The van der Waals surface area contributed by atoms with Crippen LogP contribution in [0, 0.1) is 11.6 Å². The summed E-state index contributed by atoms with van der Waals surface area (Å²) in [7, 11) is 0. The van der Waals surface area contributed by atoms with Crippen molar-refractivity contribution in [2.45, 2.75) is 0 Å². The molecule has 2 aromatic carbocycles. The molecule has 0 atom stereocenters. The Labute approximate surface area is 176 Å². The maximum absolute atomic E-state index is 13.0. The van der Waals surface area contributed by atoms with Gasteiger partial charge in [0.2, 0.25) is 5.88 Å². The summed E-state index contributed by atoms with van der Waals surface area (Å²) in [6.07, 6.45) is 0. The maximum atomic E-state index is 13.0. The number of amides is 1. The quantitative estimate of drug-likeness (QED) is 0.445. The van der Waals surface area contributed by atoms with Crippen LogP contribution < -0.4 is 10.1 Å². The van der Waals surface area contributed by atoms with Crippen LogP contribution in [-0.2, 0) is 0 Å². The largest absolute Gasteiger partial charge is 0.475 e. The van der Waals surface area contributed by atoms with Crippen molar-refractivity contribution < 1.29 is 18.3 Å². The molecule has 0 unspecified atom stereocenters. The van der Waals surface area contributed by atoms with Crippen LogP contribution >= 0.6 is 0 Å². The minimum absolute atomic E-state index is 0.190. The number of aromatic amines is 1. The summed E-state index contributed by atoms with van der Waals surface area (Å²) in [5.41, 5.74) is 2.85. The van der Waals surface area contributed by atoms with Gasteiger partial charge >= 0.3 is 0 Å². The molecule has 2 N–H and O–H groups in total. The number of hydrogen-bond acceptors (Lipinski definition) is 5. The Kier molecular flexibility index (Phi) is 5.93. The van der Waals surface area contributed by atoms with Crippen molar-refractivity contribution in [3.63, 3.8) is 0 Å². The van der Waals surface area contributed by atoms with E-state index in [-0.39, 0.29) is 36.4 Å². The zero-order chi connectivity index (χ0) is 21.6. The van der Waals surface area contributed by atoms with Gasteiger partial charge in [-0.05, 0) is 60.7 Å². The molecule has 0 aliphatic heterocycles. The lowest BCUT2D eigenvalue weighted by molar-refractivity contribution is 0.0941. The van der Waals surface area contributed by atoms with Gasteiger partial charge in [-0.15, -0.1) is 10.2 Å². The minimum Gasteiger partial charge on any atom is -0.475 e. The predicted molar refractivity (Wildman–Crippen MR) is 109 cm³/mol. The highest BCUT2D eigenvalue weighted by Crippen LogP contribution is 2.19. The van der Waals surface area contributed by atoms with E-state index in [0.29, 0.717) is 22.8 Å². The molecule has 0 spiro atoms. The molecule has 0 bridgehead atoms. The van der Waals surface area contributed by atoms with Gasteiger partial charge in [-0.3, -0.25) is 9.89 Å². The first-order valence-corrected chi connectivity index (χ1v) is 9.40. The lowest BCUT2D eigenvalue weighted by Crippen LogP contribution is -2.28. The zero-order valence-electron chi connectivity index (χ0n) is 16.2. The second kappa shape index (κ2) is 9.12. The molecule has 0 saturated carbocycles. The lowest BCUT2D eigenvalue weighted by Gasteiger charge is -2.06. The molecule has 0 saturated heterocycles. The maximum Gasteiger partial charge on any atom is 0.269 e. The molecule has 9 heteroatoms. The SMILES string of the molecule is O=C(NCCOc1ccc(-c2ccc(F)cc2)nn1)c1cc(-c2ccc(F)cc2)n[nH]1. The summed E-state index contributed by atoms with van der Waals surface area (Å²) in [6.45, 7) is 0.431. The van der Waals surface area contributed by atoms with Crippen LogP contribution in [0.15, 0.2) is 66.7 Å². The fourth-order valence-electron chi connectivity index (χ4n) is 2.79. The van der Waals surface area contributed by atoms with Crippen LogP contribution in [-0.4, -0.2) is 39.5 Å². The summed E-state index contributed by atoms with van der Waals surface area (Å²) in [5.74, 6) is -0.699. The number of carbonyl (C=O) groups is 1. The highest BCUT2D eigenvalue weighted by molar-refractivity contribution is 5.93. The zero-order valence-corrected chi connectivity index (χ0v) is 16.2. The number of halogens is 2. The van der Waals surface area contributed by atoms with Gasteiger partial charge < -0.3 is 10.1 Å². The Morgan fingerprint density at radius 1 is 0.871 bits per heavy atom. The van der Waals surface area contributed by atoms with E-state index in [1.165, 1.54) is 24.3 Å². The molecule has 0 radical (unpaired) electrons. The van der Waals surface area contributed by atoms with Gasteiger partial charge in [0.25, 0.3) is 5.91 Å². The minimum atomic E-state index is -0.345. The van der Waals surface area contributed by atoms with Crippen molar-refractivity contribution in [3.05, 3.63) is 84.1 Å². The van der Waals surface area contributed by atoms with Gasteiger partial charge in [0, 0.05) is 17.2 Å². The first kappa shape index (κ1) is 20.1. The molecule has 0 aliphatic rings. The molecule has 0 fully saturated rings. The van der Waals surface area contributed by atoms with Crippen LogP contribution in [0.4, 0.5) is 8.78 Å². The highest BCUT2D eigenvalue weighted by Gasteiger charge is 2.11. The monoisotopic (exact) mass is 421 g/mol. The molecule has 156 valence electrons. The third kappa shape index (κ3) is 5.08. The molecule has 7 nitrogen and oxygen atoms in total. The molecule has 4 rings (SSSR count). The molecular weight excluding hydrogens is 404 g/mol. The van der Waals surface area contributed by atoms with E-state index < -0.39 is 0 Å². The van der Waals surface area contributed by atoms with E-state index >= 15 is 0 Å². The van der Waals surface area contributed by atoms with E-state index in [9.17, 15) is 13.6 Å². The average molecular weight is 421 g/mol. The third-order valence-electron chi connectivity index (χ3n) is 4.38. The lowest BCUT2D eigenvalue weighted by atomic mass is 10.1. The summed E-state index contributed by atoms with van der Waals surface area (Å²) >= 11 is 0. The van der Waals surface area contributed by atoms with Gasteiger partial charge in [-0.25, -0.2) is 8.78 Å². The Balaban J connectivity index is 1.25. The second-order valence-electron chi connectivity index (χ2n) is 6.54. The summed E-state index contributed by atoms with van der Waals surface area (Å²) < 4.78 is 31.5. The topological polar surface area (TPSA) is 92.8 Å². The molecule has 1 amide bonds. The number of aromatic nitrogens is 4. The number of nitrogens with zero attached hydrogens (tertiary/aromatic N) is 3. The van der Waals surface area contributed by atoms with Crippen molar-refractivity contribution >= 4 is 5.91 Å². The van der Waals surface area contributed by atoms with Gasteiger partial charge in [0.1, 0.15) is 23.9 Å². The Morgan fingerprint density at radius 2 is 1.52 bits per heavy atom. The molecule has 0 aliphatic carbocycles. The number of ether oxygens (including phenoxy) is 1. The van der Waals surface area contributed by atoms with Crippen molar-refractivity contribution in [2.75, 3.05) is 13.2 Å². The smallest absolute Gasteiger partial charge is 0.269 e. The number of rotatable bonds is 7. The normalized spacial score (nSPS) is 10.6. The highest BCUT2D eigenvalue weighted by atomic mass is 19.1. The van der Waals surface area contributed by atoms with Crippen LogP contribution in [0.5, 0.6) is 5.88 Å². The van der Waals surface area contributed by atoms with Crippen molar-refractivity contribution in [2.24, 2.45) is 0 Å². The molecule has 31 heavy (non-hydrogen) atoms. The van der Waals surface area contributed by atoms with E-state index in [2.05, 4.69) is 25.7 Å². The van der Waals surface area contributed by atoms with Crippen molar-refractivity contribution in [1.29, 1.82) is 0 Å². The van der Waals surface area contributed by atoms with E-state index in [1.54, 1.807) is 42.5 Å². The van der Waals surface area contributed by atoms with E-state index in [0.717, 1.165) is 5.56 Å². The van der Waals surface area contributed by atoms with Crippen LogP contribution in [0.2, 0.25) is 0 Å². The van der Waals surface area contributed by atoms with Gasteiger partial charge in [0.15, 0.2) is 0 Å². The first-order chi connectivity index (χ1) is 15.1. The predicted octanol–water partition coefficient (Wildman–Crippen LogP) is 3.62. The van der Waals surface area contributed by atoms with Crippen LogP contribution in [0.25, 0.3) is 22.5 Å². The summed E-state index contributed by atoms with van der Waals surface area (Å²) in [4.78, 5) is 12.2. The average Bonchev–Trinajstić information content (AvgIpc) is 3.29. The Hall–Kier alpha value is -4.14. The fourth-order valence-corrected chi connectivity index (χ4v) is 2.79. The molecule has 2 heterocycles. The molecule has 2 aromatic heterocycles.